The highest BCUT2D eigenvalue weighted by molar-refractivity contribution is 5.74. The van der Waals surface area contributed by atoms with E-state index in [-0.39, 0.29) is 6.03 Å². The van der Waals surface area contributed by atoms with Gasteiger partial charge in [0.15, 0.2) is 0 Å². The molecule has 0 aromatic heterocycles. The summed E-state index contributed by atoms with van der Waals surface area (Å²) in [6, 6.07) is 0.631. The number of amides is 2. The highest BCUT2D eigenvalue weighted by atomic mass is 16.2. The lowest BCUT2D eigenvalue weighted by atomic mass is 10.2. The second-order valence-electron chi connectivity index (χ2n) is 4.88. The molecule has 4 heteroatoms. The van der Waals surface area contributed by atoms with Gasteiger partial charge in [-0.25, -0.2) is 4.79 Å². The Bertz CT molecular complexity index is 218. The number of nitrogens with zero attached hydrogens (tertiary/aromatic N) is 1. The summed E-state index contributed by atoms with van der Waals surface area (Å²) in [6.45, 7) is 3.76. The minimum absolute atomic E-state index is 0.135. The maximum atomic E-state index is 11.9. The molecule has 16 heavy (non-hydrogen) atoms. The van der Waals surface area contributed by atoms with Gasteiger partial charge in [-0.15, -0.1) is 0 Å². The molecule has 1 atom stereocenters. The number of rotatable bonds is 2. The number of hydrogen-bond acceptors (Lipinski definition) is 2. The van der Waals surface area contributed by atoms with Gasteiger partial charge in [0.1, 0.15) is 0 Å². The number of carbonyl (C=O) groups is 1. The van der Waals surface area contributed by atoms with Crippen LogP contribution in [0.2, 0.25) is 0 Å². The highest BCUT2D eigenvalue weighted by Gasteiger charge is 2.18. The van der Waals surface area contributed by atoms with Crippen LogP contribution >= 0.6 is 0 Å². The van der Waals surface area contributed by atoms with Crippen LogP contribution in [0.15, 0.2) is 0 Å². The maximum Gasteiger partial charge on any atom is 0.317 e. The topological polar surface area (TPSA) is 44.4 Å². The first-order valence-electron chi connectivity index (χ1n) is 6.62. The van der Waals surface area contributed by atoms with E-state index in [1.54, 1.807) is 0 Å². The molecule has 2 rings (SSSR count). The quantitative estimate of drug-likeness (QED) is 0.744. The zero-order chi connectivity index (χ0) is 11.2. The Morgan fingerprint density at radius 1 is 1.19 bits per heavy atom. The molecule has 1 unspecified atom stereocenters. The summed E-state index contributed by atoms with van der Waals surface area (Å²) in [5.74, 6) is 0. The third kappa shape index (κ3) is 3.37. The van der Waals surface area contributed by atoms with Crippen LogP contribution in [0.3, 0.4) is 0 Å². The molecular weight excluding hydrogens is 202 g/mol. The monoisotopic (exact) mass is 225 g/mol. The number of urea groups is 1. The smallest absolute Gasteiger partial charge is 0.317 e. The van der Waals surface area contributed by atoms with E-state index in [9.17, 15) is 4.79 Å². The first-order chi connectivity index (χ1) is 7.86. The minimum Gasteiger partial charge on any atom is -0.336 e. The molecule has 2 fully saturated rings. The van der Waals surface area contributed by atoms with Crippen molar-refractivity contribution in [3.8, 4) is 0 Å². The second-order valence-corrected chi connectivity index (χ2v) is 4.88. The van der Waals surface area contributed by atoms with Gasteiger partial charge in [-0.1, -0.05) is 12.8 Å². The molecule has 2 N–H and O–H groups in total. The molecule has 2 aliphatic heterocycles. The van der Waals surface area contributed by atoms with Crippen molar-refractivity contribution in [1.82, 2.24) is 15.5 Å². The molecule has 0 aromatic carbocycles. The second kappa shape index (κ2) is 6.09. The van der Waals surface area contributed by atoms with Crippen molar-refractivity contribution in [3.63, 3.8) is 0 Å². The fourth-order valence-corrected chi connectivity index (χ4v) is 2.53. The van der Waals surface area contributed by atoms with E-state index in [1.165, 1.54) is 25.7 Å². The molecule has 0 radical (unpaired) electrons. The number of nitrogens with one attached hydrogen (secondary N) is 2. The van der Waals surface area contributed by atoms with Crippen LogP contribution in [0.4, 0.5) is 4.79 Å². The number of carbonyl (C=O) groups excluding carboxylic acids is 1. The Hall–Kier alpha value is -0.770. The summed E-state index contributed by atoms with van der Waals surface area (Å²) in [4.78, 5) is 13.9. The summed E-state index contributed by atoms with van der Waals surface area (Å²) >= 11 is 0. The van der Waals surface area contributed by atoms with Crippen LogP contribution in [0, 0.1) is 0 Å². The largest absolute Gasteiger partial charge is 0.336 e. The van der Waals surface area contributed by atoms with Crippen molar-refractivity contribution in [1.29, 1.82) is 0 Å². The van der Waals surface area contributed by atoms with Crippen molar-refractivity contribution in [3.05, 3.63) is 0 Å². The normalized spacial score (nSPS) is 26.5. The molecule has 0 bridgehead atoms. The average Bonchev–Trinajstić information content (AvgIpc) is 2.66. The summed E-state index contributed by atoms with van der Waals surface area (Å²) in [5.41, 5.74) is 0. The predicted octanol–water partition coefficient (Wildman–Crippen LogP) is 1.32. The lowest BCUT2D eigenvalue weighted by Crippen LogP contribution is -2.45. The molecule has 0 aliphatic carbocycles. The van der Waals surface area contributed by atoms with E-state index in [4.69, 9.17) is 0 Å². The van der Waals surface area contributed by atoms with Crippen molar-refractivity contribution in [2.75, 3.05) is 26.2 Å². The first kappa shape index (κ1) is 11.7. The van der Waals surface area contributed by atoms with Gasteiger partial charge >= 0.3 is 6.03 Å². The zero-order valence-corrected chi connectivity index (χ0v) is 10.0. The third-order valence-electron chi connectivity index (χ3n) is 3.56. The molecule has 2 aliphatic rings. The van der Waals surface area contributed by atoms with Crippen molar-refractivity contribution in [2.24, 2.45) is 0 Å². The van der Waals surface area contributed by atoms with Crippen LogP contribution in [-0.2, 0) is 0 Å². The molecule has 2 heterocycles. The van der Waals surface area contributed by atoms with E-state index in [0.29, 0.717) is 6.04 Å². The molecule has 0 spiro atoms. The van der Waals surface area contributed by atoms with Crippen molar-refractivity contribution >= 4 is 6.03 Å². The van der Waals surface area contributed by atoms with Crippen LogP contribution in [0.1, 0.15) is 38.5 Å². The van der Waals surface area contributed by atoms with Gasteiger partial charge in [-0.3, -0.25) is 0 Å². The third-order valence-corrected chi connectivity index (χ3v) is 3.56. The summed E-state index contributed by atoms with van der Waals surface area (Å²) in [5, 5.41) is 6.44. The first-order valence-corrected chi connectivity index (χ1v) is 6.62. The summed E-state index contributed by atoms with van der Waals surface area (Å²) < 4.78 is 0. The van der Waals surface area contributed by atoms with E-state index in [2.05, 4.69) is 10.6 Å². The summed E-state index contributed by atoms with van der Waals surface area (Å²) in [6.07, 6.45) is 7.30. The van der Waals surface area contributed by atoms with Crippen molar-refractivity contribution in [2.45, 2.75) is 44.6 Å². The van der Waals surface area contributed by atoms with Crippen LogP contribution in [0.5, 0.6) is 0 Å². The lowest BCUT2D eigenvalue weighted by molar-refractivity contribution is 0.199. The van der Waals surface area contributed by atoms with E-state index >= 15 is 0 Å². The fourth-order valence-electron chi connectivity index (χ4n) is 2.53. The van der Waals surface area contributed by atoms with Crippen LogP contribution < -0.4 is 10.6 Å². The van der Waals surface area contributed by atoms with Crippen molar-refractivity contribution < 1.29 is 4.79 Å². The Morgan fingerprint density at radius 2 is 1.94 bits per heavy atom. The molecular formula is C12H23N3O. The van der Waals surface area contributed by atoms with Gasteiger partial charge in [-0.2, -0.15) is 0 Å². The average molecular weight is 225 g/mol. The van der Waals surface area contributed by atoms with E-state index in [1.807, 2.05) is 4.90 Å². The van der Waals surface area contributed by atoms with E-state index < -0.39 is 0 Å². The zero-order valence-electron chi connectivity index (χ0n) is 10.0. The number of hydrogen-bond donors (Lipinski definition) is 2. The predicted molar refractivity (Wildman–Crippen MR) is 64.5 cm³/mol. The van der Waals surface area contributed by atoms with Crippen LogP contribution in [-0.4, -0.2) is 43.2 Å². The number of likely N-dealkylation sites (tertiary alicyclic amines) is 1. The fraction of sp³-hybridized carbons (Fsp3) is 0.917. The van der Waals surface area contributed by atoms with Gasteiger partial charge in [0.05, 0.1) is 0 Å². The SMILES string of the molecule is O=C(NCC1CCCN1)N1CCCCCC1. The van der Waals surface area contributed by atoms with Gasteiger partial charge < -0.3 is 15.5 Å². The summed E-state index contributed by atoms with van der Waals surface area (Å²) in [7, 11) is 0. The Kier molecular flexibility index (Phi) is 4.45. The Morgan fingerprint density at radius 3 is 2.56 bits per heavy atom. The van der Waals surface area contributed by atoms with Gasteiger partial charge in [-0.05, 0) is 32.2 Å². The van der Waals surface area contributed by atoms with Gasteiger partial charge in [0.25, 0.3) is 0 Å². The molecule has 2 saturated heterocycles. The lowest BCUT2D eigenvalue weighted by Gasteiger charge is -2.22. The van der Waals surface area contributed by atoms with Crippen LogP contribution in [0.25, 0.3) is 0 Å². The van der Waals surface area contributed by atoms with E-state index in [0.717, 1.165) is 39.0 Å². The maximum absolute atomic E-state index is 11.9. The molecule has 2 amide bonds. The molecule has 0 saturated carbocycles. The van der Waals surface area contributed by atoms with Gasteiger partial charge in [0.2, 0.25) is 0 Å². The Balaban J connectivity index is 1.69. The van der Waals surface area contributed by atoms with Gasteiger partial charge in [0, 0.05) is 25.7 Å². The molecule has 92 valence electrons. The minimum atomic E-state index is 0.135. The highest BCUT2D eigenvalue weighted by Crippen LogP contribution is 2.09. The Labute approximate surface area is 97.8 Å². The molecule has 0 aromatic rings. The molecule has 4 nitrogen and oxygen atoms in total. The standard InChI is InChI=1S/C12H23N3O/c16-12(14-10-11-6-5-7-13-11)15-8-3-1-2-4-9-15/h11,13H,1-10H2,(H,14,16).